The van der Waals surface area contributed by atoms with Gasteiger partial charge in [0.25, 0.3) is 5.56 Å². The molecule has 0 unspecified atom stereocenters. The van der Waals surface area contributed by atoms with Gasteiger partial charge in [0.15, 0.2) is 0 Å². The molecule has 0 aromatic carbocycles. The fourth-order valence-electron chi connectivity index (χ4n) is 1.97. The molecule has 0 saturated carbocycles. The van der Waals surface area contributed by atoms with Crippen molar-refractivity contribution in [3.05, 3.63) is 34.2 Å². The van der Waals surface area contributed by atoms with Gasteiger partial charge in [0.1, 0.15) is 0 Å². The highest BCUT2D eigenvalue weighted by atomic mass is 16.4. The van der Waals surface area contributed by atoms with Gasteiger partial charge in [-0.1, -0.05) is 6.07 Å². The summed E-state index contributed by atoms with van der Waals surface area (Å²) in [6.07, 6.45) is 0.416. The number of carboxylic acid groups (broad SMARTS) is 1. The SMILES string of the molecule is Cc1cccc(=O)n1CC(C)(C)C(=O)NCCCC(=O)O. The van der Waals surface area contributed by atoms with E-state index in [1.165, 1.54) is 6.07 Å². The number of aryl methyl sites for hydroxylation is 1. The lowest BCUT2D eigenvalue weighted by molar-refractivity contribution is -0.137. The van der Waals surface area contributed by atoms with Gasteiger partial charge in [-0.25, -0.2) is 0 Å². The lowest BCUT2D eigenvalue weighted by atomic mass is 9.91. The van der Waals surface area contributed by atoms with Crippen LogP contribution in [0.25, 0.3) is 0 Å². The fourth-order valence-corrected chi connectivity index (χ4v) is 1.97. The van der Waals surface area contributed by atoms with Crippen molar-refractivity contribution in [1.29, 1.82) is 0 Å². The highest BCUT2D eigenvalue weighted by Gasteiger charge is 2.28. The summed E-state index contributed by atoms with van der Waals surface area (Å²) in [6, 6.07) is 4.98. The molecular formula is C15H22N2O4. The van der Waals surface area contributed by atoms with E-state index in [4.69, 9.17) is 5.11 Å². The van der Waals surface area contributed by atoms with Gasteiger partial charge in [-0.2, -0.15) is 0 Å². The molecule has 0 aliphatic heterocycles. The lowest BCUT2D eigenvalue weighted by Gasteiger charge is -2.25. The van der Waals surface area contributed by atoms with Crippen LogP contribution in [0.2, 0.25) is 0 Å². The Balaban J connectivity index is 2.66. The number of nitrogens with one attached hydrogen (secondary N) is 1. The molecular weight excluding hydrogens is 272 g/mol. The van der Waals surface area contributed by atoms with Crippen molar-refractivity contribution >= 4 is 11.9 Å². The molecule has 0 aliphatic carbocycles. The third kappa shape index (κ3) is 5.06. The van der Waals surface area contributed by atoms with E-state index in [1.54, 1.807) is 24.5 Å². The Bertz CT molecular complexity index is 575. The van der Waals surface area contributed by atoms with E-state index in [2.05, 4.69) is 5.32 Å². The van der Waals surface area contributed by atoms with E-state index in [0.717, 1.165) is 5.69 Å². The van der Waals surface area contributed by atoms with E-state index >= 15 is 0 Å². The average molecular weight is 294 g/mol. The first kappa shape index (κ1) is 16.9. The van der Waals surface area contributed by atoms with Crippen molar-refractivity contribution < 1.29 is 14.7 Å². The molecule has 6 nitrogen and oxygen atoms in total. The van der Waals surface area contributed by atoms with Crippen molar-refractivity contribution in [2.24, 2.45) is 5.41 Å². The summed E-state index contributed by atoms with van der Waals surface area (Å²) in [6.45, 7) is 5.94. The molecule has 0 radical (unpaired) electrons. The second kappa shape index (κ2) is 7.06. The number of nitrogens with zero attached hydrogens (tertiary/aromatic N) is 1. The average Bonchev–Trinajstić information content (AvgIpc) is 2.38. The molecule has 0 bridgehead atoms. The maximum atomic E-state index is 12.2. The van der Waals surface area contributed by atoms with Crippen LogP contribution in [0.1, 0.15) is 32.4 Å². The minimum atomic E-state index is -0.880. The van der Waals surface area contributed by atoms with Crippen LogP contribution in [0.15, 0.2) is 23.0 Å². The zero-order chi connectivity index (χ0) is 16.0. The van der Waals surface area contributed by atoms with E-state index in [1.807, 2.05) is 13.0 Å². The Labute approximate surface area is 123 Å². The standard InChI is InChI=1S/C15H22N2O4/c1-11-6-4-7-12(18)17(11)10-15(2,3)14(21)16-9-5-8-13(19)20/h4,6-7H,5,8-10H2,1-3H3,(H,16,21)(H,19,20). The molecule has 0 atom stereocenters. The van der Waals surface area contributed by atoms with Gasteiger partial charge in [-0.05, 0) is 33.3 Å². The molecule has 21 heavy (non-hydrogen) atoms. The first-order valence-corrected chi connectivity index (χ1v) is 6.90. The summed E-state index contributed by atoms with van der Waals surface area (Å²) in [5, 5.41) is 11.3. The van der Waals surface area contributed by atoms with Crippen LogP contribution in [0.5, 0.6) is 0 Å². The molecule has 1 heterocycles. The van der Waals surface area contributed by atoms with Crippen LogP contribution >= 0.6 is 0 Å². The zero-order valence-electron chi connectivity index (χ0n) is 12.7. The van der Waals surface area contributed by atoms with Crippen LogP contribution in [-0.2, 0) is 16.1 Å². The van der Waals surface area contributed by atoms with Crippen LogP contribution in [0, 0.1) is 12.3 Å². The van der Waals surface area contributed by atoms with Crippen molar-refractivity contribution in [2.45, 2.75) is 40.2 Å². The summed E-state index contributed by atoms with van der Waals surface area (Å²) in [5.74, 6) is -1.07. The lowest BCUT2D eigenvalue weighted by Crippen LogP contribution is -2.42. The number of amides is 1. The zero-order valence-corrected chi connectivity index (χ0v) is 12.7. The van der Waals surface area contributed by atoms with Crippen LogP contribution in [0.4, 0.5) is 0 Å². The summed E-state index contributed by atoms with van der Waals surface area (Å²) in [4.78, 5) is 34.4. The minimum absolute atomic E-state index is 0.0258. The molecule has 1 aromatic heterocycles. The number of carbonyl (C=O) groups excluding carboxylic acids is 1. The van der Waals surface area contributed by atoms with Gasteiger partial charge in [-0.15, -0.1) is 0 Å². The van der Waals surface area contributed by atoms with Crippen LogP contribution in [-0.4, -0.2) is 28.1 Å². The van der Waals surface area contributed by atoms with Crippen molar-refractivity contribution in [3.8, 4) is 0 Å². The monoisotopic (exact) mass is 294 g/mol. The Morgan fingerprint density at radius 2 is 2.00 bits per heavy atom. The Kier molecular flexibility index (Phi) is 5.69. The van der Waals surface area contributed by atoms with Gasteiger partial charge in [0, 0.05) is 31.3 Å². The number of pyridine rings is 1. The topological polar surface area (TPSA) is 88.4 Å². The molecule has 1 amide bonds. The Morgan fingerprint density at radius 3 is 2.57 bits per heavy atom. The summed E-state index contributed by atoms with van der Waals surface area (Å²) in [7, 11) is 0. The summed E-state index contributed by atoms with van der Waals surface area (Å²) in [5.41, 5.74) is -0.0879. The number of hydrogen-bond donors (Lipinski definition) is 2. The van der Waals surface area contributed by atoms with Crippen LogP contribution < -0.4 is 10.9 Å². The minimum Gasteiger partial charge on any atom is -0.481 e. The van der Waals surface area contributed by atoms with Gasteiger partial charge in [-0.3, -0.25) is 14.4 Å². The van der Waals surface area contributed by atoms with Crippen molar-refractivity contribution in [2.75, 3.05) is 6.54 Å². The third-order valence-corrected chi connectivity index (χ3v) is 3.29. The van der Waals surface area contributed by atoms with Gasteiger partial charge < -0.3 is 15.0 Å². The van der Waals surface area contributed by atoms with Gasteiger partial charge in [0.05, 0.1) is 5.41 Å². The predicted molar refractivity (Wildman–Crippen MR) is 79.1 cm³/mol. The molecule has 0 aliphatic rings. The van der Waals surface area contributed by atoms with E-state index < -0.39 is 11.4 Å². The molecule has 1 aromatic rings. The largest absolute Gasteiger partial charge is 0.481 e. The van der Waals surface area contributed by atoms with E-state index in [9.17, 15) is 14.4 Å². The predicted octanol–water partition coefficient (Wildman–Crippen LogP) is 1.16. The van der Waals surface area contributed by atoms with Gasteiger partial charge >= 0.3 is 5.97 Å². The third-order valence-electron chi connectivity index (χ3n) is 3.29. The number of rotatable bonds is 7. The summed E-state index contributed by atoms with van der Waals surface area (Å²) >= 11 is 0. The fraction of sp³-hybridized carbons (Fsp3) is 0.533. The number of carboxylic acids is 1. The normalized spacial score (nSPS) is 11.2. The quantitative estimate of drug-likeness (QED) is 0.739. The number of aliphatic carboxylic acids is 1. The van der Waals surface area contributed by atoms with E-state index in [-0.39, 0.29) is 24.4 Å². The number of aromatic nitrogens is 1. The Morgan fingerprint density at radius 1 is 1.33 bits per heavy atom. The molecule has 116 valence electrons. The molecule has 0 fully saturated rings. The smallest absolute Gasteiger partial charge is 0.303 e. The van der Waals surface area contributed by atoms with Crippen molar-refractivity contribution in [1.82, 2.24) is 9.88 Å². The second-order valence-electron chi connectivity index (χ2n) is 5.73. The molecule has 1 rings (SSSR count). The number of carbonyl (C=O) groups is 2. The first-order chi connectivity index (χ1) is 9.74. The highest BCUT2D eigenvalue weighted by molar-refractivity contribution is 5.81. The summed E-state index contributed by atoms with van der Waals surface area (Å²) < 4.78 is 1.57. The highest BCUT2D eigenvalue weighted by Crippen LogP contribution is 2.18. The van der Waals surface area contributed by atoms with Gasteiger partial charge in [0.2, 0.25) is 5.91 Å². The Hall–Kier alpha value is -2.11. The van der Waals surface area contributed by atoms with Crippen molar-refractivity contribution in [3.63, 3.8) is 0 Å². The molecule has 0 spiro atoms. The maximum absolute atomic E-state index is 12.2. The molecule has 0 saturated heterocycles. The van der Waals surface area contributed by atoms with Crippen LogP contribution in [0.3, 0.4) is 0 Å². The first-order valence-electron chi connectivity index (χ1n) is 6.90. The number of hydrogen-bond acceptors (Lipinski definition) is 3. The second-order valence-corrected chi connectivity index (χ2v) is 5.73. The maximum Gasteiger partial charge on any atom is 0.303 e. The molecule has 2 N–H and O–H groups in total. The van der Waals surface area contributed by atoms with E-state index in [0.29, 0.717) is 13.0 Å². The molecule has 6 heteroatoms.